The first-order valence-electron chi connectivity index (χ1n) is 8.99. The molecule has 0 radical (unpaired) electrons. The van der Waals surface area contributed by atoms with Gasteiger partial charge in [-0.3, -0.25) is 9.59 Å². The summed E-state index contributed by atoms with van der Waals surface area (Å²) in [4.78, 5) is 30.4. The molecular weight excluding hydrogens is 388 g/mol. The fraction of sp³-hybridized carbons (Fsp3) is 0.182. The van der Waals surface area contributed by atoms with Gasteiger partial charge in [0.25, 0.3) is 11.1 Å². The molecule has 0 amide bonds. The first kappa shape index (κ1) is 20.8. The first-order valence-corrected chi connectivity index (χ1v) is 8.99. The number of benzene rings is 2. The van der Waals surface area contributed by atoms with Crippen LogP contribution in [-0.2, 0) is 0 Å². The number of methoxy groups -OCH3 is 4. The maximum Gasteiger partial charge on any atom is 0.272 e. The predicted molar refractivity (Wildman–Crippen MR) is 113 cm³/mol. The molecule has 2 N–H and O–H groups in total. The van der Waals surface area contributed by atoms with Crippen molar-refractivity contribution in [3.8, 4) is 23.0 Å². The highest BCUT2D eigenvalue weighted by Crippen LogP contribution is 2.25. The Balaban J connectivity index is 2.12. The van der Waals surface area contributed by atoms with Crippen LogP contribution in [0.5, 0.6) is 23.0 Å². The molecule has 0 spiro atoms. The van der Waals surface area contributed by atoms with Crippen LogP contribution in [0.1, 0.15) is 11.1 Å². The van der Waals surface area contributed by atoms with E-state index in [2.05, 4.69) is 9.97 Å². The molecule has 3 rings (SSSR count). The Morgan fingerprint density at radius 2 is 1.03 bits per heavy atom. The van der Waals surface area contributed by atoms with Crippen LogP contribution in [0.3, 0.4) is 0 Å². The second kappa shape index (κ2) is 9.04. The van der Waals surface area contributed by atoms with Gasteiger partial charge in [-0.2, -0.15) is 0 Å². The Morgan fingerprint density at radius 1 is 0.633 bits per heavy atom. The van der Waals surface area contributed by atoms with Gasteiger partial charge in [0.2, 0.25) is 0 Å². The SMILES string of the molecule is COc1ccc(C=c2[nH]c(=O)c(=Cc3ccc(OC)cc3OC)[nH]c2=O)c(OC)c1. The Kier molecular flexibility index (Phi) is 6.26. The van der Waals surface area contributed by atoms with Gasteiger partial charge in [-0.05, 0) is 36.4 Å². The summed E-state index contributed by atoms with van der Waals surface area (Å²) in [5.74, 6) is 2.25. The largest absolute Gasteiger partial charge is 0.497 e. The third kappa shape index (κ3) is 4.38. The quantitative estimate of drug-likeness (QED) is 0.622. The minimum absolute atomic E-state index is 0.0994. The highest BCUT2D eigenvalue weighted by molar-refractivity contribution is 5.59. The minimum atomic E-state index is -0.453. The van der Waals surface area contributed by atoms with Gasteiger partial charge >= 0.3 is 0 Å². The topological polar surface area (TPSA) is 103 Å². The molecule has 0 aliphatic carbocycles. The Morgan fingerprint density at radius 3 is 1.37 bits per heavy atom. The van der Waals surface area contributed by atoms with Crippen molar-refractivity contribution in [3.63, 3.8) is 0 Å². The van der Waals surface area contributed by atoms with E-state index in [1.807, 2.05) is 0 Å². The molecule has 1 aromatic heterocycles. The fourth-order valence-electron chi connectivity index (χ4n) is 2.88. The number of ether oxygens (including phenoxy) is 4. The third-order valence-electron chi connectivity index (χ3n) is 4.47. The molecule has 2 aromatic carbocycles. The summed E-state index contributed by atoms with van der Waals surface area (Å²) in [5.41, 5.74) is 0.332. The van der Waals surface area contributed by atoms with E-state index in [1.54, 1.807) is 50.6 Å². The fourth-order valence-corrected chi connectivity index (χ4v) is 2.88. The molecular formula is C22H22N2O6. The van der Waals surface area contributed by atoms with Gasteiger partial charge in [-0.25, -0.2) is 0 Å². The maximum absolute atomic E-state index is 12.6. The highest BCUT2D eigenvalue weighted by Gasteiger charge is 2.06. The van der Waals surface area contributed by atoms with E-state index in [9.17, 15) is 9.59 Å². The van der Waals surface area contributed by atoms with E-state index in [-0.39, 0.29) is 10.7 Å². The van der Waals surface area contributed by atoms with Crippen molar-refractivity contribution in [2.24, 2.45) is 0 Å². The average molecular weight is 410 g/mol. The van der Waals surface area contributed by atoms with Crippen LogP contribution in [-0.4, -0.2) is 38.4 Å². The van der Waals surface area contributed by atoms with Crippen molar-refractivity contribution in [3.05, 3.63) is 78.9 Å². The van der Waals surface area contributed by atoms with Crippen LogP contribution in [0.25, 0.3) is 12.2 Å². The molecule has 156 valence electrons. The number of aromatic nitrogens is 2. The smallest absolute Gasteiger partial charge is 0.272 e. The van der Waals surface area contributed by atoms with Gasteiger partial charge in [0.05, 0.1) is 28.4 Å². The molecule has 0 saturated heterocycles. The zero-order chi connectivity index (χ0) is 21.7. The Labute approximate surface area is 172 Å². The Hall–Kier alpha value is -3.94. The lowest BCUT2D eigenvalue weighted by atomic mass is 10.1. The van der Waals surface area contributed by atoms with E-state index in [0.717, 1.165) is 0 Å². The summed E-state index contributed by atoms with van der Waals surface area (Å²) in [5, 5.41) is 0.199. The average Bonchev–Trinajstić information content (AvgIpc) is 2.77. The van der Waals surface area contributed by atoms with Crippen molar-refractivity contribution in [2.75, 3.05) is 28.4 Å². The molecule has 0 atom stereocenters. The van der Waals surface area contributed by atoms with Gasteiger partial charge in [0, 0.05) is 23.3 Å². The molecule has 0 fully saturated rings. The second-order valence-electron chi connectivity index (χ2n) is 6.24. The van der Waals surface area contributed by atoms with Crippen molar-refractivity contribution < 1.29 is 18.9 Å². The summed E-state index contributed by atoms with van der Waals surface area (Å²) in [6.07, 6.45) is 3.08. The summed E-state index contributed by atoms with van der Waals surface area (Å²) in [6.45, 7) is 0. The van der Waals surface area contributed by atoms with Gasteiger partial charge in [0.1, 0.15) is 33.7 Å². The Bertz CT molecular complexity index is 1190. The molecule has 0 bridgehead atoms. The maximum atomic E-state index is 12.6. The standard InChI is InChI=1S/C22H22N2O6/c1-27-15-7-5-13(19(11-15)29-3)9-17-21(25)24-18(22(26)23-17)10-14-6-8-16(28-2)12-20(14)30-4/h5-12H,1-4H3,(H,23,26)(H,24,25). The van der Waals surface area contributed by atoms with Crippen LogP contribution in [0.4, 0.5) is 0 Å². The summed E-state index contributed by atoms with van der Waals surface area (Å²) < 4.78 is 21.0. The second-order valence-corrected chi connectivity index (χ2v) is 6.24. The van der Waals surface area contributed by atoms with E-state index in [4.69, 9.17) is 18.9 Å². The molecule has 0 aliphatic heterocycles. The van der Waals surface area contributed by atoms with Gasteiger partial charge in [-0.15, -0.1) is 0 Å². The normalized spacial score (nSPS) is 12.0. The number of aromatic amines is 2. The number of hydrogen-bond acceptors (Lipinski definition) is 6. The zero-order valence-corrected chi connectivity index (χ0v) is 17.1. The number of nitrogens with one attached hydrogen (secondary N) is 2. The predicted octanol–water partition coefficient (Wildman–Crippen LogP) is 0.755. The molecule has 3 aromatic rings. The highest BCUT2D eigenvalue weighted by atomic mass is 16.5. The van der Waals surface area contributed by atoms with Crippen molar-refractivity contribution in [2.45, 2.75) is 0 Å². The van der Waals surface area contributed by atoms with Crippen LogP contribution >= 0.6 is 0 Å². The lowest BCUT2D eigenvalue weighted by molar-refractivity contribution is 0.393. The number of H-pyrrole nitrogens is 2. The number of rotatable bonds is 6. The van der Waals surface area contributed by atoms with E-state index < -0.39 is 11.1 Å². The molecule has 8 nitrogen and oxygen atoms in total. The molecule has 30 heavy (non-hydrogen) atoms. The zero-order valence-electron chi connectivity index (χ0n) is 17.1. The lowest BCUT2D eigenvalue weighted by Gasteiger charge is -2.07. The van der Waals surface area contributed by atoms with Crippen molar-refractivity contribution >= 4 is 12.2 Å². The number of hydrogen-bond donors (Lipinski definition) is 2. The minimum Gasteiger partial charge on any atom is -0.497 e. The van der Waals surface area contributed by atoms with E-state index in [0.29, 0.717) is 34.1 Å². The first-order chi connectivity index (χ1) is 14.5. The van der Waals surface area contributed by atoms with E-state index >= 15 is 0 Å². The van der Waals surface area contributed by atoms with Gasteiger partial charge in [-0.1, -0.05) is 0 Å². The van der Waals surface area contributed by atoms with Crippen LogP contribution in [0, 0.1) is 0 Å². The van der Waals surface area contributed by atoms with Gasteiger partial charge < -0.3 is 28.9 Å². The molecule has 0 unspecified atom stereocenters. The van der Waals surface area contributed by atoms with Crippen LogP contribution in [0.15, 0.2) is 46.0 Å². The molecule has 8 heteroatoms. The molecule has 1 heterocycles. The van der Waals surface area contributed by atoms with Crippen LogP contribution in [0.2, 0.25) is 0 Å². The van der Waals surface area contributed by atoms with Crippen molar-refractivity contribution in [1.29, 1.82) is 0 Å². The van der Waals surface area contributed by atoms with Crippen molar-refractivity contribution in [1.82, 2.24) is 9.97 Å². The summed E-state index contributed by atoms with van der Waals surface area (Å²) >= 11 is 0. The lowest BCUT2D eigenvalue weighted by Crippen LogP contribution is -2.46. The van der Waals surface area contributed by atoms with Crippen LogP contribution < -0.4 is 40.8 Å². The van der Waals surface area contributed by atoms with Gasteiger partial charge in [0.15, 0.2) is 0 Å². The molecule has 0 saturated carbocycles. The summed E-state index contributed by atoms with van der Waals surface area (Å²) in [7, 11) is 6.12. The molecule has 0 aliphatic rings. The third-order valence-corrected chi connectivity index (χ3v) is 4.47. The van der Waals surface area contributed by atoms with E-state index in [1.165, 1.54) is 26.4 Å². The summed E-state index contributed by atoms with van der Waals surface area (Å²) in [6, 6.07) is 10.3. The monoisotopic (exact) mass is 410 g/mol.